The lowest BCUT2D eigenvalue weighted by Gasteiger charge is -2.42. The minimum atomic E-state index is -1.33. The highest BCUT2D eigenvalue weighted by Crippen LogP contribution is 2.33. The van der Waals surface area contributed by atoms with Crippen molar-refractivity contribution in [1.29, 1.82) is 0 Å². The fourth-order valence-electron chi connectivity index (χ4n) is 3.68. The summed E-state index contributed by atoms with van der Waals surface area (Å²) >= 11 is 6.35. The van der Waals surface area contributed by atoms with Gasteiger partial charge in [0.2, 0.25) is 5.91 Å². The predicted molar refractivity (Wildman–Crippen MR) is 141 cm³/mol. The number of carbonyl (C=O) groups is 3. The fraction of sp³-hybridized carbons (Fsp3) is 0.444. The van der Waals surface area contributed by atoms with Crippen LogP contribution >= 0.6 is 11.6 Å². The zero-order valence-electron chi connectivity index (χ0n) is 21.9. The molecule has 0 aromatic heterocycles. The maximum atomic E-state index is 13.8. The second-order valence-corrected chi connectivity index (χ2v) is 10.9. The molecule has 2 rings (SSSR count). The third-order valence-corrected chi connectivity index (χ3v) is 5.54. The lowest BCUT2D eigenvalue weighted by Crippen LogP contribution is -2.59. The summed E-state index contributed by atoms with van der Waals surface area (Å²) in [5, 5.41) is 15.7. The van der Waals surface area contributed by atoms with Gasteiger partial charge in [-0.15, -0.1) is 0 Å². The molecule has 196 valence electrons. The number of nitrogens with zero attached hydrogens (tertiary/aromatic N) is 1. The Morgan fingerprint density at radius 3 is 2.11 bits per heavy atom. The zero-order valence-corrected chi connectivity index (χ0v) is 22.6. The number of anilines is 1. The van der Waals surface area contributed by atoms with Gasteiger partial charge in [-0.1, -0.05) is 54.1 Å². The molecule has 0 radical (unpaired) electrons. The molecule has 0 fully saturated rings. The van der Waals surface area contributed by atoms with Gasteiger partial charge < -0.3 is 25.4 Å². The lowest BCUT2D eigenvalue weighted by atomic mass is 9.95. The smallest absolute Gasteiger partial charge is 0.408 e. The summed E-state index contributed by atoms with van der Waals surface area (Å²) in [6, 6.07) is 11.7. The minimum absolute atomic E-state index is 0.364. The van der Waals surface area contributed by atoms with E-state index in [-0.39, 0.29) is 0 Å². The Kier molecular flexibility index (Phi) is 9.51. The lowest BCUT2D eigenvalue weighted by molar-refractivity contribution is -0.147. The van der Waals surface area contributed by atoms with Gasteiger partial charge >= 0.3 is 6.09 Å². The van der Waals surface area contributed by atoms with Crippen LogP contribution in [0.2, 0.25) is 5.02 Å². The minimum Gasteiger partial charge on any atom is -0.444 e. The molecular formula is C27H36ClN3O5. The van der Waals surface area contributed by atoms with Gasteiger partial charge in [0.25, 0.3) is 5.91 Å². The first-order valence-corrected chi connectivity index (χ1v) is 12.1. The molecule has 8 nitrogen and oxygen atoms in total. The Morgan fingerprint density at radius 1 is 1.00 bits per heavy atom. The molecule has 3 amide bonds. The third-order valence-electron chi connectivity index (χ3n) is 5.22. The highest BCUT2D eigenvalue weighted by molar-refractivity contribution is 6.34. The number of aliphatic hydroxyl groups excluding tert-OH is 1. The van der Waals surface area contributed by atoms with Crippen LogP contribution in [-0.4, -0.2) is 51.7 Å². The molecule has 0 saturated carbocycles. The number of alkyl carbamates (subject to hydrolysis) is 1. The fourth-order valence-corrected chi connectivity index (χ4v) is 3.95. The highest BCUT2D eigenvalue weighted by atomic mass is 35.5. The van der Waals surface area contributed by atoms with Crippen LogP contribution in [0.25, 0.3) is 0 Å². The summed E-state index contributed by atoms with van der Waals surface area (Å²) in [6.45, 7) is 11.5. The first-order valence-electron chi connectivity index (χ1n) is 11.7. The summed E-state index contributed by atoms with van der Waals surface area (Å²) < 4.78 is 5.26. The van der Waals surface area contributed by atoms with Crippen molar-refractivity contribution in [3.8, 4) is 0 Å². The number of benzene rings is 2. The van der Waals surface area contributed by atoms with Gasteiger partial charge in [-0.25, -0.2) is 4.79 Å². The van der Waals surface area contributed by atoms with Gasteiger partial charge in [0, 0.05) is 5.54 Å². The van der Waals surface area contributed by atoms with Crippen LogP contribution in [0.1, 0.15) is 58.7 Å². The third kappa shape index (κ3) is 7.70. The second-order valence-electron chi connectivity index (χ2n) is 10.5. The monoisotopic (exact) mass is 517 g/mol. The van der Waals surface area contributed by atoms with Crippen LogP contribution in [0.5, 0.6) is 0 Å². The molecule has 9 heteroatoms. The topological polar surface area (TPSA) is 108 Å². The largest absolute Gasteiger partial charge is 0.444 e. The van der Waals surface area contributed by atoms with Crippen LogP contribution in [0.4, 0.5) is 10.5 Å². The van der Waals surface area contributed by atoms with Crippen LogP contribution in [0.3, 0.4) is 0 Å². The van der Waals surface area contributed by atoms with E-state index in [0.29, 0.717) is 16.3 Å². The quantitative estimate of drug-likeness (QED) is 0.487. The summed E-state index contributed by atoms with van der Waals surface area (Å²) in [6.07, 6.45) is -0.851. The molecule has 2 unspecified atom stereocenters. The van der Waals surface area contributed by atoms with Gasteiger partial charge in [-0.05, 0) is 65.7 Å². The van der Waals surface area contributed by atoms with E-state index in [4.69, 9.17) is 16.3 Å². The standard InChI is InChI=1S/C27H36ClN3O5/c1-17-12-11-15-19(28)21(17)30-23(33)22(18-13-9-8-10-14-18)31(26(2,3)4)24(34)20(16-32)29-25(35)36-27(5,6)7/h8-15,20,22,32H,16H2,1-7H3,(H,29,35)(H,30,33). The van der Waals surface area contributed by atoms with E-state index in [0.717, 1.165) is 5.56 Å². The van der Waals surface area contributed by atoms with Crippen molar-refractivity contribution in [2.75, 3.05) is 11.9 Å². The van der Waals surface area contributed by atoms with E-state index >= 15 is 0 Å². The number of amides is 3. The number of nitrogens with one attached hydrogen (secondary N) is 2. The molecule has 0 aliphatic carbocycles. The van der Waals surface area contributed by atoms with Crippen LogP contribution < -0.4 is 10.6 Å². The molecule has 0 spiro atoms. The second kappa shape index (κ2) is 11.8. The number of carbonyl (C=O) groups excluding carboxylic acids is 3. The number of hydrogen-bond donors (Lipinski definition) is 3. The first-order chi connectivity index (χ1) is 16.7. The number of aryl methyl sites for hydroxylation is 1. The Morgan fingerprint density at radius 2 is 1.61 bits per heavy atom. The Bertz CT molecular complexity index is 1060. The Balaban J connectivity index is 2.53. The molecule has 0 bridgehead atoms. The molecule has 0 heterocycles. The predicted octanol–water partition coefficient (Wildman–Crippen LogP) is 4.84. The van der Waals surface area contributed by atoms with Crippen molar-refractivity contribution in [1.82, 2.24) is 10.2 Å². The number of rotatable bonds is 7. The first kappa shape index (κ1) is 29.1. The number of halogens is 1. The van der Waals surface area contributed by atoms with Gasteiger partial charge in [0.15, 0.2) is 0 Å². The molecule has 2 atom stereocenters. The van der Waals surface area contributed by atoms with Gasteiger partial charge in [0.1, 0.15) is 17.7 Å². The summed E-state index contributed by atoms with van der Waals surface area (Å²) in [7, 11) is 0. The van der Waals surface area contributed by atoms with E-state index in [1.807, 2.05) is 13.0 Å². The molecular weight excluding hydrogens is 482 g/mol. The van der Waals surface area contributed by atoms with E-state index < -0.39 is 47.7 Å². The van der Waals surface area contributed by atoms with Gasteiger partial charge in [-0.3, -0.25) is 9.59 Å². The molecule has 2 aromatic rings. The maximum Gasteiger partial charge on any atom is 0.408 e. The van der Waals surface area contributed by atoms with Crippen molar-refractivity contribution >= 4 is 35.2 Å². The van der Waals surface area contributed by atoms with Crippen molar-refractivity contribution in [2.45, 2.75) is 71.7 Å². The highest BCUT2D eigenvalue weighted by Gasteiger charge is 2.42. The molecule has 2 aromatic carbocycles. The van der Waals surface area contributed by atoms with Crippen LogP contribution in [0, 0.1) is 6.92 Å². The zero-order chi connectivity index (χ0) is 27.3. The number of ether oxygens (including phenoxy) is 1. The Labute approximate surface area is 218 Å². The van der Waals surface area contributed by atoms with E-state index in [9.17, 15) is 19.5 Å². The molecule has 0 aliphatic rings. The van der Waals surface area contributed by atoms with Crippen molar-refractivity contribution in [3.63, 3.8) is 0 Å². The average molecular weight is 518 g/mol. The normalized spacial score (nSPS) is 13.4. The molecule has 0 aliphatic heterocycles. The van der Waals surface area contributed by atoms with E-state index in [2.05, 4.69) is 10.6 Å². The number of para-hydroxylation sites is 1. The summed E-state index contributed by atoms with van der Waals surface area (Å²) in [5.74, 6) is -1.13. The maximum absolute atomic E-state index is 13.8. The summed E-state index contributed by atoms with van der Waals surface area (Å²) in [5.41, 5.74) is 0.0777. The van der Waals surface area contributed by atoms with Gasteiger partial charge in [0.05, 0.1) is 17.3 Å². The SMILES string of the molecule is Cc1cccc(Cl)c1NC(=O)C(c1ccccc1)N(C(=O)C(CO)NC(=O)OC(C)(C)C)C(C)(C)C. The molecule has 36 heavy (non-hydrogen) atoms. The number of aliphatic hydroxyl groups is 1. The van der Waals surface area contributed by atoms with E-state index in [1.54, 1.807) is 84.0 Å². The molecule has 0 saturated heterocycles. The van der Waals surface area contributed by atoms with E-state index in [1.165, 1.54) is 4.90 Å². The number of hydrogen-bond acceptors (Lipinski definition) is 5. The van der Waals surface area contributed by atoms with Crippen LogP contribution in [0.15, 0.2) is 48.5 Å². The molecule has 3 N–H and O–H groups in total. The van der Waals surface area contributed by atoms with Crippen molar-refractivity contribution < 1.29 is 24.2 Å². The summed E-state index contributed by atoms with van der Waals surface area (Å²) in [4.78, 5) is 41.4. The van der Waals surface area contributed by atoms with Crippen molar-refractivity contribution in [2.24, 2.45) is 0 Å². The van der Waals surface area contributed by atoms with Crippen molar-refractivity contribution in [3.05, 3.63) is 64.7 Å². The average Bonchev–Trinajstić information content (AvgIpc) is 2.76. The van der Waals surface area contributed by atoms with Crippen LogP contribution in [-0.2, 0) is 14.3 Å². The Hall–Kier alpha value is -3.10. The van der Waals surface area contributed by atoms with Gasteiger partial charge in [-0.2, -0.15) is 0 Å².